The second-order valence-electron chi connectivity index (χ2n) is 6.93. The summed E-state index contributed by atoms with van der Waals surface area (Å²) in [5.41, 5.74) is 1.47. The number of hydrogen-bond acceptors (Lipinski definition) is 3. The van der Waals surface area contributed by atoms with Crippen LogP contribution in [0.5, 0.6) is 5.75 Å². The van der Waals surface area contributed by atoms with E-state index in [2.05, 4.69) is 36.1 Å². The lowest BCUT2D eigenvalue weighted by molar-refractivity contribution is -0.274. The number of carbonyl (C=O) groups excluding carboxylic acids is 1. The summed E-state index contributed by atoms with van der Waals surface area (Å²) in [6.45, 7) is 6.17. The van der Waals surface area contributed by atoms with Crippen molar-refractivity contribution >= 4 is 40.5 Å². The third-order valence-corrected chi connectivity index (χ3v) is 4.19. The number of thiocarbonyl (C=S) groups is 1. The van der Waals surface area contributed by atoms with Gasteiger partial charge in [0.05, 0.1) is 10.7 Å². The number of ether oxygens (including phenoxy) is 1. The maximum Gasteiger partial charge on any atom is 0.573 e. The van der Waals surface area contributed by atoms with Crippen molar-refractivity contribution in [3.8, 4) is 5.75 Å². The highest BCUT2D eigenvalue weighted by molar-refractivity contribution is 7.80. The van der Waals surface area contributed by atoms with Crippen LogP contribution in [0.25, 0.3) is 0 Å². The highest BCUT2D eigenvalue weighted by atomic mass is 35.5. The second-order valence-corrected chi connectivity index (χ2v) is 7.74. The minimum atomic E-state index is -4.83. The van der Waals surface area contributed by atoms with Gasteiger partial charge in [0.1, 0.15) is 5.75 Å². The van der Waals surface area contributed by atoms with Crippen LogP contribution in [0.2, 0.25) is 5.02 Å². The monoisotopic (exact) mass is 430 g/mol. The van der Waals surface area contributed by atoms with Gasteiger partial charge in [0.25, 0.3) is 5.91 Å². The van der Waals surface area contributed by atoms with Gasteiger partial charge in [-0.3, -0.25) is 10.1 Å². The van der Waals surface area contributed by atoms with Crippen LogP contribution in [0.1, 0.15) is 36.7 Å². The molecule has 1 amide bonds. The van der Waals surface area contributed by atoms with Crippen molar-refractivity contribution in [2.75, 3.05) is 5.32 Å². The molecule has 0 spiro atoms. The number of anilines is 1. The Hall–Kier alpha value is -2.32. The summed E-state index contributed by atoms with van der Waals surface area (Å²) in [6.07, 6.45) is -4.83. The minimum Gasteiger partial charge on any atom is -0.406 e. The first-order valence-electron chi connectivity index (χ1n) is 8.13. The summed E-state index contributed by atoms with van der Waals surface area (Å²) < 4.78 is 40.9. The van der Waals surface area contributed by atoms with Gasteiger partial charge in [-0.05, 0) is 47.5 Å². The summed E-state index contributed by atoms with van der Waals surface area (Å²) in [4.78, 5) is 12.3. The number of hydrogen-bond donors (Lipinski definition) is 2. The van der Waals surface area contributed by atoms with Crippen LogP contribution in [-0.2, 0) is 5.41 Å². The van der Waals surface area contributed by atoms with Gasteiger partial charge in [-0.1, -0.05) is 44.5 Å². The quantitative estimate of drug-likeness (QED) is 0.616. The third kappa shape index (κ3) is 6.38. The molecule has 0 saturated carbocycles. The number of amides is 1. The fourth-order valence-electron chi connectivity index (χ4n) is 2.25. The zero-order valence-electron chi connectivity index (χ0n) is 15.3. The van der Waals surface area contributed by atoms with Crippen molar-refractivity contribution in [2.24, 2.45) is 0 Å². The standard InChI is InChI=1S/C19H18ClF3N2O2S/c1-18(2,3)12-6-4-11(5-7-12)16(26)25-17(28)24-15-10-13(8-9-14(15)20)27-19(21,22)23/h4-10H,1-3H3,(H2,24,25,26,28). The maximum absolute atomic E-state index is 12.3. The van der Waals surface area contributed by atoms with E-state index in [1.165, 1.54) is 6.07 Å². The first-order valence-corrected chi connectivity index (χ1v) is 8.92. The Labute approximate surface area is 171 Å². The minimum absolute atomic E-state index is 0.0495. The van der Waals surface area contributed by atoms with Crippen LogP contribution >= 0.6 is 23.8 Å². The molecule has 2 aromatic rings. The molecule has 9 heteroatoms. The molecule has 150 valence electrons. The first kappa shape index (κ1) is 22.0. The molecule has 2 aromatic carbocycles. The van der Waals surface area contributed by atoms with Gasteiger partial charge < -0.3 is 10.1 Å². The van der Waals surface area contributed by atoms with E-state index in [1.54, 1.807) is 12.1 Å². The van der Waals surface area contributed by atoms with E-state index >= 15 is 0 Å². The Bertz CT molecular complexity index is 878. The molecule has 28 heavy (non-hydrogen) atoms. The number of benzene rings is 2. The van der Waals surface area contributed by atoms with Gasteiger partial charge in [0.2, 0.25) is 0 Å². The molecule has 0 aliphatic heterocycles. The van der Waals surface area contributed by atoms with Gasteiger partial charge in [0.15, 0.2) is 5.11 Å². The predicted molar refractivity (Wildman–Crippen MR) is 107 cm³/mol. The van der Waals surface area contributed by atoms with Crippen LogP contribution in [0.15, 0.2) is 42.5 Å². The average molecular weight is 431 g/mol. The van der Waals surface area contributed by atoms with Crippen molar-refractivity contribution in [3.05, 3.63) is 58.6 Å². The van der Waals surface area contributed by atoms with E-state index in [0.29, 0.717) is 5.56 Å². The number of rotatable bonds is 3. The molecule has 0 bridgehead atoms. The summed E-state index contributed by atoms with van der Waals surface area (Å²) in [7, 11) is 0. The molecule has 0 saturated heterocycles. The van der Waals surface area contributed by atoms with Crippen molar-refractivity contribution in [3.63, 3.8) is 0 Å². The lowest BCUT2D eigenvalue weighted by Gasteiger charge is -2.19. The molecule has 4 nitrogen and oxygen atoms in total. The van der Waals surface area contributed by atoms with E-state index in [1.807, 2.05) is 12.1 Å². The largest absolute Gasteiger partial charge is 0.573 e. The average Bonchev–Trinajstić information content (AvgIpc) is 2.56. The molecule has 0 aliphatic rings. The normalized spacial score (nSPS) is 11.7. The van der Waals surface area contributed by atoms with Gasteiger partial charge >= 0.3 is 6.36 Å². The van der Waals surface area contributed by atoms with E-state index in [4.69, 9.17) is 23.8 Å². The molecular weight excluding hydrogens is 413 g/mol. The summed E-state index contributed by atoms with van der Waals surface area (Å²) in [6, 6.07) is 10.4. The first-order chi connectivity index (χ1) is 12.8. The van der Waals surface area contributed by atoms with Crippen LogP contribution in [-0.4, -0.2) is 17.4 Å². The van der Waals surface area contributed by atoms with Crippen molar-refractivity contribution in [2.45, 2.75) is 32.5 Å². The molecule has 0 heterocycles. The topological polar surface area (TPSA) is 50.4 Å². The lowest BCUT2D eigenvalue weighted by Crippen LogP contribution is -2.34. The van der Waals surface area contributed by atoms with Crippen LogP contribution in [0, 0.1) is 0 Å². The van der Waals surface area contributed by atoms with Crippen LogP contribution < -0.4 is 15.4 Å². The third-order valence-electron chi connectivity index (χ3n) is 3.66. The number of carbonyl (C=O) groups is 1. The molecule has 0 fully saturated rings. The molecule has 0 aromatic heterocycles. The zero-order valence-corrected chi connectivity index (χ0v) is 16.9. The summed E-state index contributed by atoms with van der Waals surface area (Å²) in [5, 5.41) is 5.05. The Kier molecular flexibility index (Phi) is 6.56. The van der Waals surface area contributed by atoms with E-state index in [-0.39, 0.29) is 21.2 Å². The lowest BCUT2D eigenvalue weighted by atomic mass is 9.87. The number of nitrogens with one attached hydrogen (secondary N) is 2. The molecule has 0 unspecified atom stereocenters. The fraction of sp³-hybridized carbons (Fsp3) is 0.263. The maximum atomic E-state index is 12.3. The highest BCUT2D eigenvalue weighted by Crippen LogP contribution is 2.30. The SMILES string of the molecule is CC(C)(C)c1ccc(C(=O)NC(=S)Nc2cc(OC(F)(F)F)ccc2Cl)cc1. The Morgan fingerprint density at radius 2 is 1.68 bits per heavy atom. The molecule has 2 rings (SSSR count). The summed E-state index contributed by atoms with van der Waals surface area (Å²) in [5.74, 6) is -0.928. The Morgan fingerprint density at radius 3 is 2.21 bits per heavy atom. The molecule has 0 radical (unpaired) electrons. The molecule has 0 aliphatic carbocycles. The zero-order chi connectivity index (χ0) is 21.1. The van der Waals surface area contributed by atoms with E-state index in [9.17, 15) is 18.0 Å². The van der Waals surface area contributed by atoms with E-state index in [0.717, 1.165) is 17.7 Å². The summed E-state index contributed by atoms with van der Waals surface area (Å²) >= 11 is 11.0. The molecule has 0 atom stereocenters. The Balaban J connectivity index is 2.05. The predicted octanol–water partition coefficient (Wildman–Crippen LogP) is 5.66. The van der Waals surface area contributed by atoms with Gasteiger partial charge in [0, 0.05) is 11.6 Å². The molecular formula is C19H18ClF3N2O2S. The fourth-order valence-corrected chi connectivity index (χ4v) is 2.62. The van der Waals surface area contributed by atoms with E-state index < -0.39 is 18.0 Å². The van der Waals surface area contributed by atoms with Gasteiger partial charge in [-0.2, -0.15) is 0 Å². The van der Waals surface area contributed by atoms with Crippen LogP contribution in [0.4, 0.5) is 18.9 Å². The number of alkyl halides is 3. The second kappa shape index (κ2) is 8.36. The van der Waals surface area contributed by atoms with Crippen molar-refractivity contribution in [1.82, 2.24) is 5.32 Å². The highest BCUT2D eigenvalue weighted by Gasteiger charge is 2.31. The van der Waals surface area contributed by atoms with Crippen molar-refractivity contribution in [1.29, 1.82) is 0 Å². The van der Waals surface area contributed by atoms with Gasteiger partial charge in [-0.15, -0.1) is 13.2 Å². The molecule has 2 N–H and O–H groups in total. The number of halogens is 4. The van der Waals surface area contributed by atoms with Gasteiger partial charge in [-0.25, -0.2) is 0 Å². The Morgan fingerprint density at radius 1 is 1.07 bits per heavy atom. The van der Waals surface area contributed by atoms with Crippen LogP contribution in [0.3, 0.4) is 0 Å². The van der Waals surface area contributed by atoms with Crippen molar-refractivity contribution < 1.29 is 22.7 Å². The smallest absolute Gasteiger partial charge is 0.406 e.